The lowest BCUT2D eigenvalue weighted by Crippen LogP contribution is -2.47. The molecule has 6 nitrogen and oxygen atoms in total. The van der Waals surface area contributed by atoms with Crippen LogP contribution < -0.4 is 20.1 Å². The Hall–Kier alpha value is -3.16. The average molecular weight is 392 g/mol. The van der Waals surface area contributed by atoms with Crippen molar-refractivity contribution in [2.75, 3.05) is 19.5 Å². The molecule has 0 saturated heterocycles. The number of rotatable bonds is 7. The van der Waals surface area contributed by atoms with E-state index in [1.165, 1.54) is 14.2 Å². The number of hydrogen-bond acceptors (Lipinski definition) is 4. The van der Waals surface area contributed by atoms with E-state index < -0.39 is 35.1 Å². The molecule has 0 heterocycles. The van der Waals surface area contributed by atoms with Crippen molar-refractivity contribution >= 4 is 17.5 Å². The third kappa shape index (κ3) is 4.97. The molecule has 0 bridgehead atoms. The Balaban J connectivity index is 2.22. The lowest BCUT2D eigenvalue weighted by Gasteiger charge is -2.22. The molecule has 0 fully saturated rings. The molecule has 1 atom stereocenters. The number of benzene rings is 2. The number of ether oxygens (including phenoxy) is 2. The normalized spacial score (nSPS) is 11.7. The van der Waals surface area contributed by atoms with E-state index in [9.17, 15) is 18.4 Å². The number of hydrogen-bond donors (Lipinski definition) is 2. The van der Waals surface area contributed by atoms with E-state index in [0.29, 0.717) is 17.2 Å². The van der Waals surface area contributed by atoms with Gasteiger partial charge < -0.3 is 20.1 Å². The molecule has 28 heavy (non-hydrogen) atoms. The van der Waals surface area contributed by atoms with Crippen LogP contribution in [0.4, 0.5) is 14.5 Å². The van der Waals surface area contributed by atoms with Gasteiger partial charge in [0.05, 0.1) is 14.2 Å². The van der Waals surface area contributed by atoms with Crippen LogP contribution in [0, 0.1) is 17.6 Å². The summed E-state index contributed by atoms with van der Waals surface area (Å²) in [6.45, 7) is 3.41. The van der Waals surface area contributed by atoms with E-state index in [1.807, 2.05) is 0 Å². The van der Waals surface area contributed by atoms with Gasteiger partial charge in [-0.05, 0) is 18.1 Å². The summed E-state index contributed by atoms with van der Waals surface area (Å²) in [5.41, 5.74) is -0.345. The summed E-state index contributed by atoms with van der Waals surface area (Å²) in [5, 5.41) is 5.06. The quantitative estimate of drug-likeness (QED) is 0.758. The van der Waals surface area contributed by atoms with E-state index in [0.717, 1.165) is 18.2 Å². The van der Waals surface area contributed by atoms with Crippen LogP contribution >= 0.6 is 0 Å². The van der Waals surface area contributed by atoms with Crippen LogP contribution in [0.2, 0.25) is 0 Å². The number of methoxy groups -OCH3 is 2. The number of halogens is 2. The Bertz CT molecular complexity index is 829. The van der Waals surface area contributed by atoms with Crippen molar-refractivity contribution in [3.8, 4) is 11.5 Å². The number of anilines is 1. The minimum atomic E-state index is -1.02. The number of nitrogens with one attached hydrogen (secondary N) is 2. The molecule has 0 saturated carbocycles. The summed E-state index contributed by atoms with van der Waals surface area (Å²) in [6.07, 6.45) is 0. The molecule has 2 aromatic rings. The molecule has 2 rings (SSSR count). The Morgan fingerprint density at radius 1 is 0.964 bits per heavy atom. The molecule has 8 heteroatoms. The molecule has 1 unspecified atom stereocenters. The van der Waals surface area contributed by atoms with Crippen molar-refractivity contribution in [1.82, 2.24) is 5.32 Å². The summed E-state index contributed by atoms with van der Waals surface area (Å²) in [7, 11) is 2.95. The molecule has 0 aromatic heterocycles. The summed E-state index contributed by atoms with van der Waals surface area (Å²) in [6, 6.07) is 6.88. The maximum Gasteiger partial charge on any atom is 0.257 e. The van der Waals surface area contributed by atoms with E-state index in [4.69, 9.17) is 9.47 Å². The van der Waals surface area contributed by atoms with Gasteiger partial charge in [0.25, 0.3) is 5.91 Å². The van der Waals surface area contributed by atoms with Crippen molar-refractivity contribution < 1.29 is 27.8 Å². The monoisotopic (exact) mass is 392 g/mol. The van der Waals surface area contributed by atoms with Crippen molar-refractivity contribution in [3.05, 3.63) is 53.6 Å². The average Bonchev–Trinajstić information content (AvgIpc) is 2.65. The molecule has 2 aromatic carbocycles. The van der Waals surface area contributed by atoms with Gasteiger partial charge in [-0.25, -0.2) is 8.78 Å². The molecule has 2 N–H and O–H groups in total. The van der Waals surface area contributed by atoms with Crippen molar-refractivity contribution in [3.63, 3.8) is 0 Å². The Kier molecular flexibility index (Phi) is 6.92. The maximum absolute atomic E-state index is 13.8. The van der Waals surface area contributed by atoms with Crippen LogP contribution in [0.5, 0.6) is 11.5 Å². The predicted octanol–water partition coefficient (Wildman–Crippen LogP) is 3.38. The number of carbonyl (C=O) groups excluding carboxylic acids is 2. The van der Waals surface area contributed by atoms with Crippen LogP contribution in [-0.4, -0.2) is 32.1 Å². The van der Waals surface area contributed by atoms with Crippen molar-refractivity contribution in [2.24, 2.45) is 5.92 Å². The van der Waals surface area contributed by atoms with Gasteiger partial charge in [0.15, 0.2) is 0 Å². The maximum atomic E-state index is 13.8. The molecule has 0 aliphatic rings. The largest absolute Gasteiger partial charge is 0.497 e. The molecule has 2 amide bonds. The zero-order valence-corrected chi connectivity index (χ0v) is 16.0. The van der Waals surface area contributed by atoms with Crippen LogP contribution in [0.3, 0.4) is 0 Å². The van der Waals surface area contributed by atoms with Crippen LogP contribution in [0.25, 0.3) is 0 Å². The van der Waals surface area contributed by atoms with Gasteiger partial charge >= 0.3 is 0 Å². The van der Waals surface area contributed by atoms with Crippen molar-refractivity contribution in [2.45, 2.75) is 19.9 Å². The third-order valence-electron chi connectivity index (χ3n) is 4.04. The molecule has 0 radical (unpaired) electrons. The summed E-state index contributed by atoms with van der Waals surface area (Å²) < 4.78 is 38.0. The fraction of sp³-hybridized carbons (Fsp3) is 0.300. The summed E-state index contributed by atoms with van der Waals surface area (Å²) in [5.74, 6) is -2.97. The van der Waals surface area contributed by atoms with E-state index in [-0.39, 0.29) is 5.92 Å². The highest BCUT2D eigenvalue weighted by Gasteiger charge is 2.27. The van der Waals surface area contributed by atoms with Gasteiger partial charge in [0, 0.05) is 23.9 Å². The van der Waals surface area contributed by atoms with E-state index in [2.05, 4.69) is 10.6 Å². The highest BCUT2D eigenvalue weighted by Crippen LogP contribution is 2.26. The fourth-order valence-corrected chi connectivity index (χ4v) is 2.56. The first-order valence-electron chi connectivity index (χ1n) is 8.55. The second kappa shape index (κ2) is 9.16. The topological polar surface area (TPSA) is 76.7 Å². The first-order chi connectivity index (χ1) is 13.3. The Labute approximate surface area is 161 Å². The fourth-order valence-electron chi connectivity index (χ4n) is 2.56. The van der Waals surface area contributed by atoms with Gasteiger partial charge in [-0.1, -0.05) is 19.9 Å². The second-order valence-corrected chi connectivity index (χ2v) is 6.38. The smallest absolute Gasteiger partial charge is 0.257 e. The first kappa shape index (κ1) is 21.1. The Morgan fingerprint density at radius 2 is 1.50 bits per heavy atom. The summed E-state index contributed by atoms with van der Waals surface area (Å²) >= 11 is 0. The van der Waals surface area contributed by atoms with Crippen LogP contribution in [-0.2, 0) is 4.79 Å². The molecule has 150 valence electrons. The van der Waals surface area contributed by atoms with Gasteiger partial charge in [0.1, 0.15) is 34.7 Å². The van der Waals surface area contributed by atoms with Crippen LogP contribution in [0.15, 0.2) is 36.4 Å². The number of amides is 2. The predicted molar refractivity (Wildman–Crippen MR) is 101 cm³/mol. The van der Waals surface area contributed by atoms with Crippen molar-refractivity contribution in [1.29, 1.82) is 0 Å². The second-order valence-electron chi connectivity index (χ2n) is 6.38. The van der Waals surface area contributed by atoms with Crippen LogP contribution in [0.1, 0.15) is 24.2 Å². The molecular formula is C20H22F2N2O4. The molecule has 0 aliphatic carbocycles. The standard InChI is InChI=1S/C20H22F2N2O4/c1-11(2)18(24-19(25)17-15(21)6-5-7-16(17)22)20(26)23-12-8-13(27-3)10-14(9-12)28-4/h5-11,18H,1-4H3,(H,23,26)(H,24,25). The highest BCUT2D eigenvalue weighted by molar-refractivity contribution is 6.01. The van der Waals surface area contributed by atoms with Gasteiger partial charge in [0.2, 0.25) is 5.91 Å². The molecular weight excluding hydrogens is 370 g/mol. The lowest BCUT2D eigenvalue weighted by molar-refractivity contribution is -0.118. The summed E-state index contributed by atoms with van der Waals surface area (Å²) in [4.78, 5) is 25.0. The molecule has 0 aliphatic heterocycles. The zero-order valence-electron chi connectivity index (χ0n) is 16.0. The first-order valence-corrected chi connectivity index (χ1v) is 8.55. The Morgan fingerprint density at radius 3 is 1.96 bits per heavy atom. The van der Waals surface area contributed by atoms with E-state index >= 15 is 0 Å². The van der Waals surface area contributed by atoms with E-state index in [1.54, 1.807) is 32.0 Å². The lowest BCUT2D eigenvalue weighted by atomic mass is 10.0. The zero-order chi connectivity index (χ0) is 20.8. The van der Waals surface area contributed by atoms with Gasteiger partial charge in [-0.2, -0.15) is 0 Å². The number of carbonyl (C=O) groups is 2. The third-order valence-corrected chi connectivity index (χ3v) is 4.04. The minimum absolute atomic E-state index is 0.341. The van der Waals surface area contributed by atoms with Gasteiger partial charge in [-0.3, -0.25) is 9.59 Å². The minimum Gasteiger partial charge on any atom is -0.497 e. The molecule has 0 spiro atoms. The van der Waals surface area contributed by atoms with Gasteiger partial charge in [-0.15, -0.1) is 0 Å². The highest BCUT2D eigenvalue weighted by atomic mass is 19.1. The SMILES string of the molecule is COc1cc(NC(=O)C(NC(=O)c2c(F)cccc2F)C(C)C)cc(OC)c1.